The fourth-order valence-electron chi connectivity index (χ4n) is 1.55. The maximum Gasteiger partial charge on any atom is 0.232 e. The minimum absolute atomic E-state index is 0. The van der Waals surface area contributed by atoms with Crippen LogP contribution in [0.15, 0.2) is 0 Å². The summed E-state index contributed by atoms with van der Waals surface area (Å²) in [5.74, 6) is 2.05. The summed E-state index contributed by atoms with van der Waals surface area (Å²) in [6, 6.07) is 0.448. The van der Waals surface area contributed by atoms with Crippen LogP contribution in [0.5, 0.6) is 0 Å². The Morgan fingerprint density at radius 1 is 1.60 bits per heavy atom. The van der Waals surface area contributed by atoms with Crippen LogP contribution >= 0.6 is 24.2 Å². The van der Waals surface area contributed by atoms with Crippen LogP contribution in [-0.2, 0) is 4.79 Å². The molecule has 0 aromatic rings. The van der Waals surface area contributed by atoms with Gasteiger partial charge in [-0.3, -0.25) is 4.79 Å². The lowest BCUT2D eigenvalue weighted by Crippen LogP contribution is -2.51. The highest BCUT2D eigenvalue weighted by Crippen LogP contribution is 2.06. The molecule has 0 unspecified atom stereocenters. The third-order valence-corrected chi connectivity index (χ3v) is 3.44. The maximum atomic E-state index is 11.7. The van der Waals surface area contributed by atoms with Crippen molar-refractivity contribution in [2.45, 2.75) is 26.3 Å². The van der Waals surface area contributed by atoms with Crippen LogP contribution in [-0.4, -0.2) is 48.0 Å². The monoisotopic (exact) mass is 252 g/mol. The number of hydrogen-bond acceptors (Lipinski definition) is 3. The molecule has 1 fully saturated rings. The Morgan fingerprint density at radius 2 is 2.33 bits per heavy atom. The van der Waals surface area contributed by atoms with Crippen LogP contribution in [0, 0.1) is 0 Å². The molecule has 90 valence electrons. The van der Waals surface area contributed by atoms with Crippen LogP contribution in [0.2, 0.25) is 0 Å². The number of nitrogens with zero attached hydrogens (tertiary/aromatic N) is 1. The average molecular weight is 253 g/mol. The zero-order chi connectivity index (χ0) is 10.4. The summed E-state index contributed by atoms with van der Waals surface area (Å²) in [5, 5.41) is 3.33. The molecule has 0 radical (unpaired) electrons. The Morgan fingerprint density at radius 3 is 2.93 bits per heavy atom. The first-order valence-electron chi connectivity index (χ1n) is 5.33. The summed E-state index contributed by atoms with van der Waals surface area (Å²) in [6.45, 7) is 6.94. The molecule has 1 heterocycles. The number of nitrogens with one attached hydrogen (secondary N) is 1. The fraction of sp³-hybridized carbons (Fsp3) is 0.900. The molecule has 0 aromatic heterocycles. The van der Waals surface area contributed by atoms with Gasteiger partial charge in [0.25, 0.3) is 0 Å². The minimum atomic E-state index is 0. The van der Waals surface area contributed by atoms with Crippen LogP contribution in [0.3, 0.4) is 0 Å². The molecule has 5 heteroatoms. The number of halogens is 1. The molecule has 0 bridgehead atoms. The van der Waals surface area contributed by atoms with Gasteiger partial charge in [0.05, 0.1) is 5.75 Å². The molecule has 0 aromatic carbocycles. The van der Waals surface area contributed by atoms with E-state index >= 15 is 0 Å². The van der Waals surface area contributed by atoms with Crippen LogP contribution in [0.1, 0.15) is 20.3 Å². The predicted molar refractivity (Wildman–Crippen MR) is 68.9 cm³/mol. The molecule has 1 aliphatic heterocycles. The van der Waals surface area contributed by atoms with Crippen molar-refractivity contribution in [3.05, 3.63) is 0 Å². The number of piperazine rings is 1. The van der Waals surface area contributed by atoms with Crippen molar-refractivity contribution in [1.82, 2.24) is 10.2 Å². The average Bonchev–Trinajstić information content (AvgIpc) is 2.18. The third kappa shape index (κ3) is 5.64. The van der Waals surface area contributed by atoms with Crippen molar-refractivity contribution in [3.63, 3.8) is 0 Å². The van der Waals surface area contributed by atoms with Gasteiger partial charge in [-0.2, -0.15) is 11.8 Å². The number of rotatable bonds is 4. The van der Waals surface area contributed by atoms with E-state index in [1.54, 1.807) is 11.8 Å². The fourth-order valence-corrected chi connectivity index (χ4v) is 2.34. The molecule has 0 saturated carbocycles. The summed E-state index contributed by atoms with van der Waals surface area (Å²) in [5.41, 5.74) is 0. The maximum absolute atomic E-state index is 11.7. The first-order valence-corrected chi connectivity index (χ1v) is 6.48. The molecule has 1 saturated heterocycles. The summed E-state index contributed by atoms with van der Waals surface area (Å²) < 4.78 is 0. The van der Waals surface area contributed by atoms with Crippen molar-refractivity contribution in [2.75, 3.05) is 31.1 Å². The second-order valence-electron chi connectivity index (χ2n) is 3.75. The summed E-state index contributed by atoms with van der Waals surface area (Å²) in [7, 11) is 0. The summed E-state index contributed by atoms with van der Waals surface area (Å²) in [6.07, 6.45) is 1.15. The van der Waals surface area contributed by atoms with Crippen molar-refractivity contribution < 1.29 is 4.79 Å². The molecule has 1 atom stereocenters. The van der Waals surface area contributed by atoms with Crippen molar-refractivity contribution in [1.29, 1.82) is 0 Å². The molecular weight excluding hydrogens is 232 g/mol. The Labute approximate surface area is 103 Å². The smallest absolute Gasteiger partial charge is 0.232 e. The van der Waals surface area contributed by atoms with Gasteiger partial charge in [-0.1, -0.05) is 6.92 Å². The van der Waals surface area contributed by atoms with Gasteiger partial charge in [-0.05, 0) is 19.1 Å². The van der Waals surface area contributed by atoms with Gasteiger partial charge in [-0.25, -0.2) is 0 Å². The molecule has 3 nitrogen and oxygen atoms in total. The quantitative estimate of drug-likeness (QED) is 0.768. The van der Waals surface area contributed by atoms with E-state index in [1.807, 2.05) is 4.90 Å². The van der Waals surface area contributed by atoms with Crippen molar-refractivity contribution in [3.8, 4) is 0 Å². The topological polar surface area (TPSA) is 32.3 Å². The molecule has 1 N–H and O–H groups in total. The zero-order valence-corrected chi connectivity index (χ0v) is 11.1. The highest BCUT2D eigenvalue weighted by atomic mass is 35.5. The van der Waals surface area contributed by atoms with Gasteiger partial charge in [0.15, 0.2) is 0 Å². The molecule has 0 spiro atoms. The van der Waals surface area contributed by atoms with E-state index in [1.165, 1.54) is 0 Å². The summed E-state index contributed by atoms with van der Waals surface area (Å²) in [4.78, 5) is 13.7. The Hall–Kier alpha value is 0.0700. The standard InChI is InChI=1S/C10H20N2OS.ClH/c1-3-6-14-8-10(13)12-5-4-11-9(2)7-12;/h9,11H,3-8H2,1-2H3;1H/t9-;/m0./s1. The SMILES string of the molecule is CCCSCC(=O)N1CCN[C@@H](C)C1.Cl. The summed E-state index contributed by atoms with van der Waals surface area (Å²) >= 11 is 1.74. The number of carbonyl (C=O) groups is 1. The minimum Gasteiger partial charge on any atom is -0.339 e. The largest absolute Gasteiger partial charge is 0.339 e. The molecule has 0 aliphatic carbocycles. The van der Waals surface area contributed by atoms with Crippen LogP contribution in [0.25, 0.3) is 0 Å². The van der Waals surface area contributed by atoms with E-state index < -0.39 is 0 Å². The third-order valence-electron chi connectivity index (χ3n) is 2.30. The lowest BCUT2D eigenvalue weighted by atomic mass is 10.2. The second kappa shape index (κ2) is 8.25. The normalized spacial score (nSPS) is 20.9. The highest BCUT2D eigenvalue weighted by Gasteiger charge is 2.19. The van der Waals surface area contributed by atoms with Gasteiger partial charge in [0.2, 0.25) is 5.91 Å². The van der Waals surface area contributed by atoms with E-state index in [-0.39, 0.29) is 12.4 Å². The molecule has 1 aliphatic rings. The second-order valence-corrected chi connectivity index (χ2v) is 4.85. The number of carbonyl (C=O) groups excluding carboxylic acids is 1. The van der Waals surface area contributed by atoms with Crippen LogP contribution in [0.4, 0.5) is 0 Å². The lowest BCUT2D eigenvalue weighted by Gasteiger charge is -2.31. The highest BCUT2D eigenvalue weighted by molar-refractivity contribution is 7.99. The first kappa shape index (κ1) is 15.1. The van der Waals surface area contributed by atoms with E-state index in [4.69, 9.17) is 0 Å². The van der Waals surface area contributed by atoms with E-state index in [2.05, 4.69) is 19.2 Å². The number of hydrogen-bond donors (Lipinski definition) is 1. The van der Waals surface area contributed by atoms with Gasteiger partial charge in [0.1, 0.15) is 0 Å². The van der Waals surface area contributed by atoms with E-state index in [9.17, 15) is 4.79 Å². The van der Waals surface area contributed by atoms with E-state index in [0.29, 0.717) is 17.7 Å². The Balaban J connectivity index is 0.00000196. The number of amides is 1. The van der Waals surface area contributed by atoms with E-state index in [0.717, 1.165) is 31.8 Å². The van der Waals surface area contributed by atoms with Gasteiger partial charge < -0.3 is 10.2 Å². The van der Waals surface area contributed by atoms with Crippen molar-refractivity contribution in [2.24, 2.45) is 0 Å². The molecule has 1 rings (SSSR count). The van der Waals surface area contributed by atoms with Gasteiger partial charge in [0, 0.05) is 25.7 Å². The molecular formula is C10H21ClN2OS. The van der Waals surface area contributed by atoms with Crippen molar-refractivity contribution >= 4 is 30.1 Å². The first-order chi connectivity index (χ1) is 6.74. The lowest BCUT2D eigenvalue weighted by molar-refractivity contribution is -0.129. The Kier molecular flexibility index (Phi) is 8.29. The van der Waals surface area contributed by atoms with Crippen LogP contribution < -0.4 is 5.32 Å². The Bertz CT molecular complexity index is 192. The van der Waals surface area contributed by atoms with Gasteiger partial charge in [-0.15, -0.1) is 12.4 Å². The number of thioether (sulfide) groups is 1. The predicted octanol–water partition coefficient (Wildman–Crippen LogP) is 1.37. The zero-order valence-electron chi connectivity index (χ0n) is 9.49. The molecule has 15 heavy (non-hydrogen) atoms. The van der Waals surface area contributed by atoms with Gasteiger partial charge >= 0.3 is 0 Å². The molecule has 1 amide bonds.